The second-order valence-electron chi connectivity index (χ2n) is 6.59. The van der Waals surface area contributed by atoms with E-state index in [0.29, 0.717) is 0 Å². The minimum Gasteiger partial charge on any atom is -0.344 e. The fourth-order valence-corrected chi connectivity index (χ4v) is 3.40. The van der Waals surface area contributed by atoms with E-state index in [1.165, 1.54) is 4.90 Å². The number of nitrogens with one attached hydrogen (secondary N) is 1. The summed E-state index contributed by atoms with van der Waals surface area (Å²) in [6.07, 6.45) is 1.35. The minimum atomic E-state index is -3.17. The van der Waals surface area contributed by atoms with Gasteiger partial charge in [-0.1, -0.05) is 20.8 Å². The third-order valence-corrected chi connectivity index (χ3v) is 4.45. The molecule has 2 atom stereocenters. The van der Waals surface area contributed by atoms with Crippen molar-refractivity contribution in [2.75, 3.05) is 18.6 Å². The van der Waals surface area contributed by atoms with Crippen LogP contribution in [-0.2, 0) is 19.4 Å². The lowest BCUT2D eigenvalue weighted by Gasteiger charge is -2.34. The molecule has 2 amide bonds. The van der Waals surface area contributed by atoms with Gasteiger partial charge in [0, 0.05) is 25.3 Å². The second-order valence-corrected chi connectivity index (χ2v) is 8.77. The van der Waals surface area contributed by atoms with E-state index in [0.717, 1.165) is 6.26 Å². The first-order chi connectivity index (χ1) is 8.92. The van der Waals surface area contributed by atoms with Crippen LogP contribution in [-0.4, -0.2) is 55.8 Å². The monoisotopic (exact) mass is 304 g/mol. The van der Waals surface area contributed by atoms with E-state index >= 15 is 0 Å². The van der Waals surface area contributed by atoms with Crippen molar-refractivity contribution in [3.8, 4) is 0 Å². The van der Waals surface area contributed by atoms with Gasteiger partial charge in [0.25, 0.3) is 0 Å². The molecule has 1 heterocycles. The molecule has 1 rings (SSSR count). The second kappa shape index (κ2) is 5.71. The van der Waals surface area contributed by atoms with Gasteiger partial charge in [-0.25, -0.2) is 8.42 Å². The van der Waals surface area contributed by atoms with Crippen molar-refractivity contribution in [3.63, 3.8) is 0 Å². The molecule has 0 radical (unpaired) electrons. The summed E-state index contributed by atoms with van der Waals surface area (Å²) in [7, 11) is -3.17. The van der Waals surface area contributed by atoms with E-state index in [-0.39, 0.29) is 30.5 Å². The molecule has 2 unspecified atom stereocenters. The fraction of sp³-hybridized carbons (Fsp3) is 0.846. The molecule has 7 heteroatoms. The largest absolute Gasteiger partial charge is 0.344 e. The zero-order chi connectivity index (χ0) is 15.7. The SMILES string of the molecule is CC(CS(C)(=O)=O)N1CCC(=O)NC(C(C)(C)C)C1=O. The predicted molar refractivity (Wildman–Crippen MR) is 76.9 cm³/mol. The number of hydrogen-bond donors (Lipinski definition) is 1. The van der Waals surface area contributed by atoms with Gasteiger partial charge in [0.15, 0.2) is 0 Å². The highest BCUT2D eigenvalue weighted by Crippen LogP contribution is 2.24. The average molecular weight is 304 g/mol. The summed E-state index contributed by atoms with van der Waals surface area (Å²) < 4.78 is 22.8. The first-order valence-electron chi connectivity index (χ1n) is 6.69. The normalized spacial score (nSPS) is 23.2. The van der Waals surface area contributed by atoms with Crippen LogP contribution in [0.4, 0.5) is 0 Å². The van der Waals surface area contributed by atoms with Crippen LogP contribution in [0.25, 0.3) is 0 Å². The van der Waals surface area contributed by atoms with Crippen molar-refractivity contribution >= 4 is 21.7 Å². The maximum atomic E-state index is 12.6. The standard InChI is InChI=1S/C13H24N2O4S/c1-9(8-20(5,18)19)15-7-6-10(16)14-11(12(15)17)13(2,3)4/h9,11H,6-8H2,1-5H3,(H,14,16). The smallest absolute Gasteiger partial charge is 0.245 e. The Morgan fingerprint density at radius 1 is 1.35 bits per heavy atom. The summed E-state index contributed by atoms with van der Waals surface area (Å²) in [5.41, 5.74) is -0.417. The van der Waals surface area contributed by atoms with E-state index in [9.17, 15) is 18.0 Å². The maximum Gasteiger partial charge on any atom is 0.245 e. The Hall–Kier alpha value is -1.11. The average Bonchev–Trinajstić information content (AvgIpc) is 2.35. The molecule has 0 aromatic rings. The lowest BCUT2D eigenvalue weighted by atomic mass is 9.86. The van der Waals surface area contributed by atoms with Crippen LogP contribution >= 0.6 is 0 Å². The molecule has 1 saturated heterocycles. The molecular weight excluding hydrogens is 280 g/mol. The third-order valence-electron chi connectivity index (χ3n) is 3.36. The number of amides is 2. The zero-order valence-corrected chi connectivity index (χ0v) is 13.6. The Bertz CT molecular complexity index is 493. The van der Waals surface area contributed by atoms with Crippen LogP contribution in [0.3, 0.4) is 0 Å². The minimum absolute atomic E-state index is 0.0935. The highest BCUT2D eigenvalue weighted by atomic mass is 32.2. The van der Waals surface area contributed by atoms with Crippen LogP contribution in [0.5, 0.6) is 0 Å². The Labute approximate surface area is 120 Å². The molecule has 0 aromatic carbocycles. The number of nitrogens with zero attached hydrogens (tertiary/aromatic N) is 1. The highest BCUT2D eigenvalue weighted by Gasteiger charge is 2.39. The van der Waals surface area contributed by atoms with E-state index in [1.54, 1.807) is 6.92 Å². The molecule has 1 aliphatic rings. The molecule has 0 saturated carbocycles. The number of hydrogen-bond acceptors (Lipinski definition) is 4. The molecule has 1 fully saturated rings. The Balaban J connectivity index is 3.01. The summed E-state index contributed by atoms with van der Waals surface area (Å²) in [6.45, 7) is 7.59. The summed E-state index contributed by atoms with van der Waals surface area (Å²) in [5.74, 6) is -0.476. The van der Waals surface area contributed by atoms with Crippen molar-refractivity contribution in [3.05, 3.63) is 0 Å². The van der Waals surface area contributed by atoms with Gasteiger partial charge >= 0.3 is 0 Å². The van der Waals surface area contributed by atoms with Crippen molar-refractivity contribution in [2.24, 2.45) is 5.41 Å². The molecule has 6 nitrogen and oxygen atoms in total. The van der Waals surface area contributed by atoms with Crippen LogP contribution in [0.2, 0.25) is 0 Å². The van der Waals surface area contributed by atoms with Gasteiger partial charge in [-0.2, -0.15) is 0 Å². The van der Waals surface area contributed by atoms with Gasteiger partial charge in [-0.15, -0.1) is 0 Å². The first-order valence-corrected chi connectivity index (χ1v) is 8.75. The summed E-state index contributed by atoms with van der Waals surface area (Å²) >= 11 is 0. The molecule has 116 valence electrons. The lowest BCUT2D eigenvalue weighted by Crippen LogP contribution is -2.54. The molecule has 20 heavy (non-hydrogen) atoms. The molecule has 0 spiro atoms. The number of carbonyl (C=O) groups is 2. The quantitative estimate of drug-likeness (QED) is 0.806. The van der Waals surface area contributed by atoms with Gasteiger partial charge < -0.3 is 10.2 Å². The van der Waals surface area contributed by atoms with Gasteiger partial charge in [0.1, 0.15) is 15.9 Å². The van der Waals surface area contributed by atoms with Crippen molar-refractivity contribution in [1.29, 1.82) is 0 Å². The van der Waals surface area contributed by atoms with Gasteiger partial charge in [-0.3, -0.25) is 9.59 Å². The molecule has 1 N–H and O–H groups in total. The predicted octanol–water partition coefficient (Wildman–Crippen LogP) is 0.183. The molecule has 0 bridgehead atoms. The van der Waals surface area contributed by atoms with Crippen molar-refractivity contribution in [1.82, 2.24) is 10.2 Å². The number of sulfone groups is 1. The Morgan fingerprint density at radius 2 is 1.90 bits per heavy atom. The van der Waals surface area contributed by atoms with Crippen LogP contribution in [0, 0.1) is 5.41 Å². The number of carbonyl (C=O) groups excluding carboxylic acids is 2. The van der Waals surface area contributed by atoms with E-state index in [4.69, 9.17) is 0 Å². The van der Waals surface area contributed by atoms with E-state index in [2.05, 4.69) is 5.32 Å². The molecule has 0 aliphatic carbocycles. The van der Waals surface area contributed by atoms with Gasteiger partial charge in [0.05, 0.1) is 5.75 Å². The Morgan fingerprint density at radius 3 is 2.35 bits per heavy atom. The van der Waals surface area contributed by atoms with Crippen molar-refractivity contribution in [2.45, 2.75) is 46.2 Å². The summed E-state index contributed by atoms with van der Waals surface area (Å²) in [6, 6.07) is -1.06. The van der Waals surface area contributed by atoms with Crippen LogP contribution in [0.15, 0.2) is 0 Å². The lowest BCUT2D eigenvalue weighted by molar-refractivity contribution is -0.137. The summed E-state index contributed by atoms with van der Waals surface area (Å²) in [5, 5.41) is 2.74. The maximum absolute atomic E-state index is 12.6. The van der Waals surface area contributed by atoms with Crippen LogP contribution in [0.1, 0.15) is 34.1 Å². The van der Waals surface area contributed by atoms with Crippen molar-refractivity contribution < 1.29 is 18.0 Å². The Kier molecular flexibility index (Phi) is 4.84. The molecular formula is C13H24N2O4S. The molecule has 1 aliphatic heterocycles. The van der Waals surface area contributed by atoms with Crippen LogP contribution < -0.4 is 5.32 Å². The van der Waals surface area contributed by atoms with E-state index < -0.39 is 27.3 Å². The summed E-state index contributed by atoms with van der Waals surface area (Å²) in [4.78, 5) is 25.8. The molecule has 0 aromatic heterocycles. The first kappa shape index (κ1) is 16.9. The highest BCUT2D eigenvalue weighted by molar-refractivity contribution is 7.90. The van der Waals surface area contributed by atoms with E-state index in [1.807, 2.05) is 20.8 Å². The third kappa shape index (κ3) is 4.47. The topological polar surface area (TPSA) is 83.6 Å². The fourth-order valence-electron chi connectivity index (χ4n) is 2.35. The van der Waals surface area contributed by atoms with Gasteiger partial charge in [0.2, 0.25) is 11.8 Å². The zero-order valence-electron chi connectivity index (χ0n) is 12.8. The number of rotatable bonds is 3. The van der Waals surface area contributed by atoms with Gasteiger partial charge in [-0.05, 0) is 12.3 Å².